The highest BCUT2D eigenvalue weighted by Gasteiger charge is 2.51. The van der Waals surface area contributed by atoms with E-state index in [1.807, 2.05) is 0 Å². The number of nitrogens with one attached hydrogen (secondary N) is 1. The van der Waals surface area contributed by atoms with Gasteiger partial charge in [0.2, 0.25) is 0 Å². The number of rotatable bonds is 3. The van der Waals surface area contributed by atoms with E-state index in [2.05, 4.69) is 5.32 Å². The monoisotopic (exact) mass is 283 g/mol. The number of aldehydes is 1. The normalized spacial score (nSPS) is 36.5. The molecule has 4 aliphatic rings. The van der Waals surface area contributed by atoms with Crippen LogP contribution in [0, 0.1) is 17.8 Å². The van der Waals surface area contributed by atoms with Gasteiger partial charge in [-0.15, -0.1) is 0 Å². The zero-order valence-electron chi connectivity index (χ0n) is 12.2. The Morgan fingerprint density at radius 3 is 2.00 bits per heavy atom. The standard InChI is InChI=1S/C18H21NO2/c20-11-12-1-3-16(4-2-12)17(21)19-18-8-13-5-14(9-18)7-15(6-13)10-18/h1-4,11,13-15H,5-10H2,(H,19,21)/t13-,14+,15?,18-. The van der Waals surface area contributed by atoms with Gasteiger partial charge in [0, 0.05) is 16.7 Å². The van der Waals surface area contributed by atoms with Crippen molar-refractivity contribution in [2.45, 2.75) is 44.1 Å². The van der Waals surface area contributed by atoms with Crippen LogP contribution in [-0.2, 0) is 0 Å². The zero-order chi connectivity index (χ0) is 14.4. The first-order valence-corrected chi connectivity index (χ1v) is 8.03. The van der Waals surface area contributed by atoms with Gasteiger partial charge in [0.15, 0.2) is 0 Å². The molecule has 0 radical (unpaired) electrons. The zero-order valence-corrected chi connectivity index (χ0v) is 12.2. The topological polar surface area (TPSA) is 46.2 Å². The molecule has 0 spiro atoms. The third-order valence-electron chi connectivity index (χ3n) is 5.73. The molecular weight excluding hydrogens is 262 g/mol. The molecule has 1 aromatic rings. The van der Waals surface area contributed by atoms with Crippen LogP contribution in [0.15, 0.2) is 24.3 Å². The fraction of sp³-hybridized carbons (Fsp3) is 0.556. The van der Waals surface area contributed by atoms with Crippen LogP contribution in [0.2, 0.25) is 0 Å². The maximum absolute atomic E-state index is 12.5. The molecule has 4 aliphatic carbocycles. The lowest BCUT2D eigenvalue weighted by molar-refractivity contribution is -0.0167. The average molecular weight is 283 g/mol. The first kappa shape index (κ1) is 13.1. The van der Waals surface area contributed by atoms with Crippen LogP contribution in [0.1, 0.15) is 59.2 Å². The van der Waals surface area contributed by atoms with Crippen molar-refractivity contribution in [1.29, 1.82) is 0 Å². The van der Waals surface area contributed by atoms with Crippen molar-refractivity contribution < 1.29 is 9.59 Å². The largest absolute Gasteiger partial charge is 0.347 e. The van der Waals surface area contributed by atoms with Crippen LogP contribution < -0.4 is 5.32 Å². The molecule has 0 heterocycles. The predicted molar refractivity (Wildman–Crippen MR) is 80.2 cm³/mol. The smallest absolute Gasteiger partial charge is 0.251 e. The summed E-state index contributed by atoms with van der Waals surface area (Å²) >= 11 is 0. The lowest BCUT2D eigenvalue weighted by atomic mass is 9.53. The molecule has 4 saturated carbocycles. The minimum absolute atomic E-state index is 0.0226. The Morgan fingerprint density at radius 2 is 1.52 bits per heavy atom. The van der Waals surface area contributed by atoms with E-state index >= 15 is 0 Å². The van der Waals surface area contributed by atoms with Gasteiger partial charge in [-0.2, -0.15) is 0 Å². The van der Waals surface area contributed by atoms with Crippen molar-refractivity contribution in [3.63, 3.8) is 0 Å². The maximum Gasteiger partial charge on any atom is 0.251 e. The molecule has 0 unspecified atom stereocenters. The summed E-state index contributed by atoms with van der Waals surface area (Å²) in [5, 5.41) is 3.35. The molecule has 3 heteroatoms. The Hall–Kier alpha value is -1.64. The third kappa shape index (κ3) is 2.29. The molecule has 0 aromatic heterocycles. The highest BCUT2D eigenvalue weighted by Crippen LogP contribution is 2.55. The highest BCUT2D eigenvalue weighted by molar-refractivity contribution is 5.95. The van der Waals surface area contributed by atoms with E-state index < -0.39 is 0 Å². The molecule has 1 aromatic carbocycles. The number of amides is 1. The fourth-order valence-electron chi connectivity index (χ4n) is 5.29. The van der Waals surface area contributed by atoms with Gasteiger partial charge in [-0.05, 0) is 68.4 Å². The van der Waals surface area contributed by atoms with E-state index in [0.717, 1.165) is 43.3 Å². The third-order valence-corrected chi connectivity index (χ3v) is 5.73. The number of hydrogen-bond acceptors (Lipinski definition) is 2. The second-order valence-corrected chi connectivity index (χ2v) is 7.39. The van der Waals surface area contributed by atoms with E-state index in [0.29, 0.717) is 11.1 Å². The molecule has 1 N–H and O–H groups in total. The van der Waals surface area contributed by atoms with Gasteiger partial charge in [0.05, 0.1) is 0 Å². The summed E-state index contributed by atoms with van der Waals surface area (Å²) in [4.78, 5) is 23.2. The molecule has 5 rings (SSSR count). The molecule has 0 saturated heterocycles. The lowest BCUT2D eigenvalue weighted by Gasteiger charge is -2.56. The Kier molecular flexibility index (Phi) is 2.91. The van der Waals surface area contributed by atoms with Gasteiger partial charge in [-0.25, -0.2) is 0 Å². The molecule has 4 fully saturated rings. The number of hydrogen-bond donors (Lipinski definition) is 1. The molecule has 4 bridgehead atoms. The van der Waals surface area contributed by atoms with Crippen LogP contribution in [0.3, 0.4) is 0 Å². The maximum atomic E-state index is 12.5. The van der Waals surface area contributed by atoms with Crippen LogP contribution in [0.25, 0.3) is 0 Å². The summed E-state index contributed by atoms with van der Waals surface area (Å²) in [5.41, 5.74) is 1.33. The summed E-state index contributed by atoms with van der Waals surface area (Å²) in [6.45, 7) is 0. The minimum atomic E-state index is 0.0226. The van der Waals surface area contributed by atoms with Crippen molar-refractivity contribution in [3.8, 4) is 0 Å². The molecule has 0 atom stereocenters. The van der Waals surface area contributed by atoms with Crippen molar-refractivity contribution in [1.82, 2.24) is 5.32 Å². The van der Waals surface area contributed by atoms with Gasteiger partial charge in [0.1, 0.15) is 6.29 Å². The van der Waals surface area contributed by atoms with E-state index in [9.17, 15) is 9.59 Å². The van der Waals surface area contributed by atoms with Crippen LogP contribution >= 0.6 is 0 Å². The van der Waals surface area contributed by atoms with E-state index in [1.54, 1.807) is 24.3 Å². The second kappa shape index (κ2) is 4.69. The number of carbonyl (C=O) groups excluding carboxylic acids is 2. The predicted octanol–water partition coefficient (Wildman–Crippen LogP) is 3.20. The second-order valence-electron chi connectivity index (χ2n) is 7.39. The SMILES string of the molecule is O=Cc1ccc(C(=O)N[C@]23CC4C[C@H](C[C@H](C4)C2)C3)cc1. The van der Waals surface area contributed by atoms with E-state index in [1.165, 1.54) is 19.3 Å². The minimum Gasteiger partial charge on any atom is -0.347 e. The van der Waals surface area contributed by atoms with Crippen molar-refractivity contribution in [3.05, 3.63) is 35.4 Å². The molecule has 1 amide bonds. The van der Waals surface area contributed by atoms with Gasteiger partial charge in [0.25, 0.3) is 5.91 Å². The van der Waals surface area contributed by atoms with Gasteiger partial charge < -0.3 is 5.32 Å². The molecule has 0 aliphatic heterocycles. The Morgan fingerprint density at radius 1 is 1.00 bits per heavy atom. The van der Waals surface area contributed by atoms with E-state index in [-0.39, 0.29) is 11.4 Å². The van der Waals surface area contributed by atoms with Gasteiger partial charge in [-0.3, -0.25) is 9.59 Å². The molecule has 110 valence electrons. The first-order valence-electron chi connectivity index (χ1n) is 8.03. The summed E-state index contributed by atoms with van der Waals surface area (Å²) < 4.78 is 0. The Balaban J connectivity index is 1.52. The van der Waals surface area contributed by atoms with Crippen LogP contribution in [-0.4, -0.2) is 17.7 Å². The van der Waals surface area contributed by atoms with Crippen molar-refractivity contribution >= 4 is 12.2 Å². The van der Waals surface area contributed by atoms with Crippen LogP contribution in [0.5, 0.6) is 0 Å². The van der Waals surface area contributed by atoms with Crippen LogP contribution in [0.4, 0.5) is 0 Å². The summed E-state index contributed by atoms with van der Waals surface area (Å²) in [5.74, 6) is 2.51. The summed E-state index contributed by atoms with van der Waals surface area (Å²) in [6.07, 6.45) is 8.43. The van der Waals surface area contributed by atoms with E-state index in [4.69, 9.17) is 0 Å². The number of benzene rings is 1. The Bertz CT molecular complexity index is 540. The first-order chi connectivity index (χ1) is 10.2. The average Bonchev–Trinajstić information content (AvgIpc) is 2.45. The van der Waals surface area contributed by atoms with Crippen molar-refractivity contribution in [2.75, 3.05) is 0 Å². The van der Waals surface area contributed by atoms with Gasteiger partial charge >= 0.3 is 0 Å². The van der Waals surface area contributed by atoms with Crippen molar-refractivity contribution in [2.24, 2.45) is 17.8 Å². The molecular formula is C18H21NO2. The summed E-state index contributed by atoms with van der Waals surface area (Å²) in [6, 6.07) is 6.92. The quantitative estimate of drug-likeness (QED) is 0.866. The van der Waals surface area contributed by atoms with Gasteiger partial charge in [-0.1, -0.05) is 12.1 Å². The summed E-state index contributed by atoms with van der Waals surface area (Å²) in [7, 11) is 0. The fourth-order valence-corrected chi connectivity index (χ4v) is 5.29. The molecule has 3 nitrogen and oxygen atoms in total. The highest BCUT2D eigenvalue weighted by atomic mass is 16.1. The number of carbonyl (C=O) groups is 2. The molecule has 21 heavy (non-hydrogen) atoms. The Labute approximate surface area is 125 Å². The lowest BCUT2D eigenvalue weighted by Crippen LogP contribution is -2.59.